The molecule has 23 heavy (non-hydrogen) atoms. The van der Waals surface area contributed by atoms with Gasteiger partial charge in [0.2, 0.25) is 0 Å². The van der Waals surface area contributed by atoms with Gasteiger partial charge in [0.25, 0.3) is 0 Å². The van der Waals surface area contributed by atoms with Crippen LogP contribution in [0.15, 0.2) is 32.8 Å². The maximum Gasteiger partial charge on any atom is 0.0285 e. The number of halogens is 2. The average molecular weight is 440 g/mol. The number of allylic oxidation sites excluding steroid dienone is 5. The van der Waals surface area contributed by atoms with Crippen molar-refractivity contribution >= 4 is 31.9 Å². The Balaban J connectivity index is 1.66. The largest absolute Gasteiger partial charge is 0.0615 e. The quantitative estimate of drug-likeness (QED) is 0.396. The summed E-state index contributed by atoms with van der Waals surface area (Å²) in [7, 11) is 0. The second kappa shape index (κ2) is 5.87. The van der Waals surface area contributed by atoms with Crippen molar-refractivity contribution in [1.29, 1.82) is 0 Å². The molecule has 0 amide bonds. The second-order valence-electron chi connectivity index (χ2n) is 8.77. The van der Waals surface area contributed by atoms with Gasteiger partial charge in [-0.2, -0.15) is 0 Å². The Kier molecular flexibility index (Phi) is 4.24. The molecule has 1 unspecified atom stereocenters. The van der Waals surface area contributed by atoms with Crippen LogP contribution in [-0.4, -0.2) is 0 Å². The lowest BCUT2D eigenvalue weighted by Gasteiger charge is -2.58. The molecule has 0 heterocycles. The van der Waals surface area contributed by atoms with Crippen molar-refractivity contribution in [3.05, 3.63) is 32.8 Å². The van der Waals surface area contributed by atoms with Gasteiger partial charge in [0, 0.05) is 9.90 Å². The summed E-state index contributed by atoms with van der Waals surface area (Å²) in [5.41, 5.74) is 4.12. The first-order valence-corrected chi connectivity index (χ1v) is 11.1. The van der Waals surface area contributed by atoms with Crippen LogP contribution < -0.4 is 0 Å². The zero-order chi connectivity index (χ0) is 16.2. The third kappa shape index (κ3) is 2.34. The first-order chi connectivity index (χ1) is 11.0. The van der Waals surface area contributed by atoms with Crippen LogP contribution in [0.1, 0.15) is 65.2 Å². The van der Waals surface area contributed by atoms with E-state index in [0.29, 0.717) is 5.41 Å². The van der Waals surface area contributed by atoms with Crippen LogP contribution in [-0.2, 0) is 0 Å². The highest BCUT2D eigenvalue weighted by Crippen LogP contribution is 2.65. The highest BCUT2D eigenvalue weighted by atomic mass is 79.9. The van der Waals surface area contributed by atoms with Crippen LogP contribution in [0.3, 0.4) is 0 Å². The molecule has 2 heteroatoms. The lowest BCUT2D eigenvalue weighted by molar-refractivity contribution is -0.0477. The minimum atomic E-state index is 0.266. The number of rotatable bonds is 1. The summed E-state index contributed by atoms with van der Waals surface area (Å²) < 4.78 is 1.22. The molecule has 0 bridgehead atoms. The number of hydrogen-bond acceptors (Lipinski definition) is 0. The van der Waals surface area contributed by atoms with Gasteiger partial charge in [-0.25, -0.2) is 0 Å². The fourth-order valence-corrected chi connectivity index (χ4v) is 7.51. The molecule has 4 aliphatic rings. The molecule has 0 aromatic heterocycles. The number of hydrogen-bond donors (Lipinski definition) is 0. The Morgan fingerprint density at radius 1 is 1.09 bits per heavy atom. The monoisotopic (exact) mass is 438 g/mol. The third-order valence-electron chi connectivity index (χ3n) is 7.98. The van der Waals surface area contributed by atoms with Crippen molar-refractivity contribution in [3.8, 4) is 0 Å². The van der Waals surface area contributed by atoms with Crippen LogP contribution in [0.5, 0.6) is 0 Å². The van der Waals surface area contributed by atoms with Crippen LogP contribution in [0, 0.1) is 28.6 Å². The molecular weight excluding hydrogens is 412 g/mol. The van der Waals surface area contributed by atoms with E-state index in [1.807, 2.05) is 4.99 Å². The summed E-state index contributed by atoms with van der Waals surface area (Å²) >= 11 is 7.28. The summed E-state index contributed by atoms with van der Waals surface area (Å²) in [6.45, 7) is 5.13. The topological polar surface area (TPSA) is 0 Å². The van der Waals surface area contributed by atoms with E-state index in [1.165, 1.54) is 61.4 Å². The molecule has 126 valence electrons. The summed E-state index contributed by atoms with van der Waals surface area (Å²) in [5, 5.41) is 0. The van der Waals surface area contributed by atoms with Crippen molar-refractivity contribution in [3.63, 3.8) is 0 Å². The maximum absolute atomic E-state index is 3.77. The molecule has 3 fully saturated rings. The molecule has 4 aliphatic carbocycles. The van der Waals surface area contributed by atoms with Crippen LogP contribution in [0.2, 0.25) is 0 Å². The first-order valence-electron chi connectivity index (χ1n) is 9.40. The Morgan fingerprint density at radius 2 is 1.91 bits per heavy atom. The Morgan fingerprint density at radius 3 is 2.70 bits per heavy atom. The fourth-order valence-electron chi connectivity index (χ4n) is 6.69. The molecule has 0 spiro atoms. The van der Waals surface area contributed by atoms with Crippen molar-refractivity contribution in [2.75, 3.05) is 0 Å². The van der Waals surface area contributed by atoms with Gasteiger partial charge >= 0.3 is 0 Å². The van der Waals surface area contributed by atoms with E-state index in [1.54, 1.807) is 5.57 Å². The highest BCUT2D eigenvalue weighted by molar-refractivity contribution is 9.14. The molecule has 0 aromatic carbocycles. The molecule has 5 atom stereocenters. The van der Waals surface area contributed by atoms with Gasteiger partial charge in [0.1, 0.15) is 0 Å². The predicted octanol–water partition coefficient (Wildman–Crippen LogP) is 7.51. The standard InChI is InChI=1S/C21H28Br2/c1-20-11-4-3-5-14(20)6-7-15-16-8-9-18(19(23)13-22)21(16,2)12-10-17(15)20/h8-9,13-15,17H,3-7,10-12H2,1-2H3/t14?,15-,17-,20-,21-/m0/s1. The van der Waals surface area contributed by atoms with Gasteiger partial charge in [0.05, 0.1) is 0 Å². The Labute approximate surface area is 158 Å². The van der Waals surface area contributed by atoms with Crippen molar-refractivity contribution in [2.24, 2.45) is 28.6 Å². The molecule has 0 saturated heterocycles. The third-order valence-corrected chi connectivity index (χ3v) is 9.71. The first kappa shape index (κ1) is 16.6. The van der Waals surface area contributed by atoms with Crippen molar-refractivity contribution in [1.82, 2.24) is 0 Å². The van der Waals surface area contributed by atoms with Gasteiger partial charge in [0.15, 0.2) is 0 Å². The number of fused-ring (bicyclic) bond motifs is 5. The molecule has 0 nitrogen and oxygen atoms in total. The molecular formula is C21H28Br2. The Bertz CT molecular complexity index is 599. The van der Waals surface area contributed by atoms with E-state index in [9.17, 15) is 0 Å². The normalized spacial score (nSPS) is 46.4. The second-order valence-corrected chi connectivity index (χ2v) is 10.1. The summed E-state index contributed by atoms with van der Waals surface area (Å²) in [6, 6.07) is 0. The van der Waals surface area contributed by atoms with Gasteiger partial charge in [-0.3, -0.25) is 0 Å². The molecule has 0 aliphatic heterocycles. The van der Waals surface area contributed by atoms with Gasteiger partial charge in [-0.05, 0) is 88.2 Å². The maximum atomic E-state index is 3.77. The summed E-state index contributed by atoms with van der Waals surface area (Å²) in [5.74, 6) is 2.77. The minimum Gasteiger partial charge on any atom is -0.0615 e. The van der Waals surface area contributed by atoms with E-state index in [-0.39, 0.29) is 5.41 Å². The molecule has 0 N–H and O–H groups in total. The fraction of sp³-hybridized carbons (Fsp3) is 0.714. The zero-order valence-corrected chi connectivity index (χ0v) is 17.5. The lowest BCUT2D eigenvalue weighted by atomic mass is 9.46. The van der Waals surface area contributed by atoms with E-state index < -0.39 is 0 Å². The van der Waals surface area contributed by atoms with Crippen LogP contribution in [0.25, 0.3) is 0 Å². The van der Waals surface area contributed by atoms with Crippen LogP contribution >= 0.6 is 31.9 Å². The van der Waals surface area contributed by atoms with E-state index in [4.69, 9.17) is 0 Å². The van der Waals surface area contributed by atoms with Crippen molar-refractivity contribution in [2.45, 2.75) is 65.2 Å². The van der Waals surface area contributed by atoms with Crippen molar-refractivity contribution < 1.29 is 0 Å². The average Bonchev–Trinajstić information content (AvgIpc) is 2.91. The zero-order valence-electron chi connectivity index (χ0n) is 14.4. The van der Waals surface area contributed by atoms with Gasteiger partial charge < -0.3 is 0 Å². The van der Waals surface area contributed by atoms with Gasteiger partial charge in [-0.1, -0.05) is 60.3 Å². The van der Waals surface area contributed by atoms with E-state index in [0.717, 1.165) is 17.8 Å². The molecule has 4 rings (SSSR count). The SMILES string of the molecule is C[C@]12CC[C@H]3[C@@H](CCC4CCCC[C@@]43C)C1=CC=C2C(Br)=CBr. The minimum absolute atomic E-state index is 0.266. The highest BCUT2D eigenvalue weighted by Gasteiger charge is 2.55. The smallest absolute Gasteiger partial charge is 0.0285 e. The predicted molar refractivity (Wildman–Crippen MR) is 106 cm³/mol. The summed E-state index contributed by atoms with van der Waals surface area (Å²) in [4.78, 5) is 2.03. The molecule has 0 radical (unpaired) electrons. The van der Waals surface area contributed by atoms with E-state index in [2.05, 4.69) is 57.9 Å². The van der Waals surface area contributed by atoms with Gasteiger partial charge in [-0.15, -0.1) is 0 Å². The lowest BCUT2D eigenvalue weighted by Crippen LogP contribution is -2.49. The molecule has 3 saturated carbocycles. The Hall–Kier alpha value is 0.180. The molecule has 0 aromatic rings. The van der Waals surface area contributed by atoms with Crippen LogP contribution in [0.4, 0.5) is 0 Å². The van der Waals surface area contributed by atoms with E-state index >= 15 is 0 Å². The summed E-state index contributed by atoms with van der Waals surface area (Å²) in [6.07, 6.45) is 16.4.